The van der Waals surface area contributed by atoms with Crippen molar-refractivity contribution in [3.63, 3.8) is 0 Å². The first-order valence-electron chi connectivity index (χ1n) is 2.83. The maximum Gasteiger partial charge on any atom is 0.227 e. The van der Waals surface area contributed by atoms with Crippen LogP contribution < -0.4 is 4.74 Å². The second-order valence-corrected chi connectivity index (χ2v) is 2.70. The zero-order valence-corrected chi connectivity index (χ0v) is 7.40. The van der Waals surface area contributed by atoms with Gasteiger partial charge in [-0.1, -0.05) is 0 Å². The number of rotatable bonds is 1. The Morgan fingerprint density at radius 1 is 1.70 bits per heavy atom. The van der Waals surface area contributed by atoms with Crippen LogP contribution in [0.4, 0.5) is 0 Å². The normalized spacial score (nSPS) is 9.50. The molecular weight excluding hydrogens is 194 g/mol. The molecule has 0 fully saturated rings. The van der Waals surface area contributed by atoms with Crippen LogP contribution in [0.3, 0.4) is 0 Å². The van der Waals surface area contributed by atoms with E-state index >= 15 is 0 Å². The minimum absolute atomic E-state index is 0.608. The summed E-state index contributed by atoms with van der Waals surface area (Å²) in [5.41, 5.74) is 0.833. The minimum atomic E-state index is 0.608. The molecule has 0 spiro atoms. The first kappa shape index (κ1) is 7.54. The molecule has 0 aliphatic carbocycles. The zero-order chi connectivity index (χ0) is 7.56. The summed E-state index contributed by atoms with van der Waals surface area (Å²) in [6, 6.07) is 4.73. The molecule has 0 saturated carbocycles. The predicted molar refractivity (Wildman–Crippen MR) is 42.1 cm³/mol. The van der Waals surface area contributed by atoms with Crippen LogP contribution in [0.25, 0.3) is 0 Å². The number of nitrogens with zero attached hydrogens (tertiary/aromatic N) is 1. The lowest BCUT2D eigenvalue weighted by Crippen LogP contribution is -1.90. The molecule has 3 heteroatoms. The van der Waals surface area contributed by atoms with Gasteiger partial charge in [-0.3, -0.25) is 0 Å². The first-order valence-corrected chi connectivity index (χ1v) is 3.62. The predicted octanol–water partition coefficient (Wildman–Crippen LogP) is 1.96. The second-order valence-electron chi connectivity index (χ2n) is 1.84. The lowest BCUT2D eigenvalue weighted by Gasteiger charge is -2.00. The molecule has 0 bridgehead atoms. The molecule has 1 aromatic heterocycles. The molecule has 0 aromatic carbocycles. The van der Waals surface area contributed by atoms with Gasteiger partial charge in [-0.25, -0.2) is 4.98 Å². The van der Waals surface area contributed by atoms with E-state index in [0.29, 0.717) is 5.88 Å². The van der Waals surface area contributed by atoms with E-state index in [1.54, 1.807) is 13.2 Å². The SMILES string of the molecule is COc1nc(C)[c]cc1Br. The summed E-state index contributed by atoms with van der Waals surface area (Å²) >= 11 is 3.27. The van der Waals surface area contributed by atoms with E-state index in [4.69, 9.17) is 4.74 Å². The van der Waals surface area contributed by atoms with Crippen LogP contribution in [0.2, 0.25) is 0 Å². The van der Waals surface area contributed by atoms with E-state index in [0.717, 1.165) is 10.2 Å². The topological polar surface area (TPSA) is 22.1 Å². The summed E-state index contributed by atoms with van der Waals surface area (Å²) in [6.45, 7) is 1.87. The average molecular weight is 201 g/mol. The van der Waals surface area contributed by atoms with Crippen LogP contribution in [0, 0.1) is 13.0 Å². The van der Waals surface area contributed by atoms with Crippen LogP contribution in [0.1, 0.15) is 5.69 Å². The molecule has 0 unspecified atom stereocenters. The van der Waals surface area contributed by atoms with E-state index in [-0.39, 0.29) is 0 Å². The van der Waals surface area contributed by atoms with Gasteiger partial charge in [0.05, 0.1) is 11.6 Å². The number of hydrogen-bond acceptors (Lipinski definition) is 2. The molecule has 0 atom stereocenters. The highest BCUT2D eigenvalue weighted by atomic mass is 79.9. The average Bonchev–Trinajstić information content (AvgIpc) is 1.94. The standard InChI is InChI=1S/C7H7BrNO/c1-5-3-4-6(8)7(9-5)10-2/h4H,1-2H3. The minimum Gasteiger partial charge on any atom is -0.480 e. The molecule has 2 nitrogen and oxygen atoms in total. The summed E-state index contributed by atoms with van der Waals surface area (Å²) in [5, 5.41) is 0. The number of methoxy groups -OCH3 is 1. The van der Waals surface area contributed by atoms with Gasteiger partial charge in [0.1, 0.15) is 0 Å². The van der Waals surface area contributed by atoms with Gasteiger partial charge >= 0.3 is 0 Å². The van der Waals surface area contributed by atoms with Crippen molar-refractivity contribution in [2.24, 2.45) is 0 Å². The number of aryl methyl sites for hydroxylation is 1. The Morgan fingerprint density at radius 2 is 2.40 bits per heavy atom. The molecule has 53 valence electrons. The smallest absolute Gasteiger partial charge is 0.227 e. The Balaban J connectivity index is 3.09. The summed E-state index contributed by atoms with van der Waals surface area (Å²) in [4.78, 5) is 4.07. The van der Waals surface area contributed by atoms with E-state index in [2.05, 4.69) is 27.0 Å². The molecule has 0 saturated heterocycles. The van der Waals surface area contributed by atoms with Crippen molar-refractivity contribution >= 4 is 15.9 Å². The summed E-state index contributed by atoms with van der Waals surface area (Å²) in [6.07, 6.45) is 0. The Hall–Kier alpha value is -0.570. The van der Waals surface area contributed by atoms with Gasteiger partial charge in [0, 0.05) is 11.8 Å². The third-order valence-electron chi connectivity index (χ3n) is 1.07. The van der Waals surface area contributed by atoms with Crippen LogP contribution >= 0.6 is 15.9 Å². The fourth-order valence-electron chi connectivity index (χ4n) is 0.611. The second kappa shape index (κ2) is 3.01. The molecule has 0 amide bonds. The van der Waals surface area contributed by atoms with Gasteiger partial charge in [0.15, 0.2) is 0 Å². The van der Waals surface area contributed by atoms with Crippen molar-refractivity contribution in [1.29, 1.82) is 0 Å². The molecule has 10 heavy (non-hydrogen) atoms. The van der Waals surface area contributed by atoms with Crippen molar-refractivity contribution in [3.05, 3.63) is 22.3 Å². The molecule has 1 aromatic rings. The largest absolute Gasteiger partial charge is 0.480 e. The van der Waals surface area contributed by atoms with Crippen molar-refractivity contribution in [2.75, 3.05) is 7.11 Å². The highest BCUT2D eigenvalue weighted by Gasteiger charge is 1.99. The van der Waals surface area contributed by atoms with Crippen LogP contribution in [-0.4, -0.2) is 12.1 Å². The monoisotopic (exact) mass is 200 g/mol. The maximum atomic E-state index is 4.95. The van der Waals surface area contributed by atoms with Crippen molar-refractivity contribution in [1.82, 2.24) is 4.98 Å². The Bertz CT molecular complexity index is 237. The van der Waals surface area contributed by atoms with Crippen molar-refractivity contribution < 1.29 is 4.74 Å². The highest BCUT2D eigenvalue weighted by Crippen LogP contribution is 2.20. The molecule has 1 radical (unpaired) electrons. The highest BCUT2D eigenvalue weighted by molar-refractivity contribution is 9.10. The fraction of sp³-hybridized carbons (Fsp3) is 0.286. The third kappa shape index (κ3) is 1.48. The number of halogens is 1. The van der Waals surface area contributed by atoms with E-state index < -0.39 is 0 Å². The van der Waals surface area contributed by atoms with Gasteiger partial charge in [0.2, 0.25) is 5.88 Å². The Kier molecular flexibility index (Phi) is 2.27. The summed E-state index contributed by atoms with van der Waals surface area (Å²) in [5.74, 6) is 0.608. The number of pyridine rings is 1. The number of hydrogen-bond donors (Lipinski definition) is 0. The van der Waals surface area contributed by atoms with Crippen molar-refractivity contribution in [3.8, 4) is 5.88 Å². The molecular formula is C7H7BrNO. The summed E-state index contributed by atoms with van der Waals surface area (Å²) < 4.78 is 5.78. The molecule has 0 aliphatic rings. The molecule has 1 rings (SSSR count). The van der Waals surface area contributed by atoms with Gasteiger partial charge in [-0.05, 0) is 28.9 Å². The molecule has 0 aliphatic heterocycles. The van der Waals surface area contributed by atoms with Gasteiger partial charge in [-0.15, -0.1) is 0 Å². The Labute approximate surface area is 68.4 Å². The van der Waals surface area contributed by atoms with Gasteiger partial charge in [-0.2, -0.15) is 0 Å². The van der Waals surface area contributed by atoms with Crippen LogP contribution in [0.15, 0.2) is 10.5 Å². The van der Waals surface area contributed by atoms with Gasteiger partial charge < -0.3 is 4.74 Å². The first-order chi connectivity index (χ1) is 4.74. The van der Waals surface area contributed by atoms with E-state index in [1.807, 2.05) is 6.92 Å². The number of ether oxygens (including phenoxy) is 1. The zero-order valence-electron chi connectivity index (χ0n) is 5.81. The van der Waals surface area contributed by atoms with Crippen LogP contribution in [0.5, 0.6) is 5.88 Å². The Morgan fingerprint density at radius 3 is 2.90 bits per heavy atom. The van der Waals surface area contributed by atoms with E-state index in [1.165, 1.54) is 0 Å². The quantitative estimate of drug-likeness (QED) is 0.692. The third-order valence-corrected chi connectivity index (χ3v) is 1.64. The van der Waals surface area contributed by atoms with Crippen LogP contribution in [-0.2, 0) is 0 Å². The van der Waals surface area contributed by atoms with Crippen molar-refractivity contribution in [2.45, 2.75) is 6.92 Å². The van der Waals surface area contributed by atoms with E-state index in [9.17, 15) is 0 Å². The summed E-state index contributed by atoms with van der Waals surface area (Å²) in [7, 11) is 1.59. The van der Waals surface area contributed by atoms with Gasteiger partial charge in [0.25, 0.3) is 0 Å². The fourth-order valence-corrected chi connectivity index (χ4v) is 0.976. The number of aromatic nitrogens is 1. The lowest BCUT2D eigenvalue weighted by atomic mass is 10.4. The molecule has 1 heterocycles. The molecule has 0 N–H and O–H groups in total. The lowest BCUT2D eigenvalue weighted by molar-refractivity contribution is 0.394. The maximum absolute atomic E-state index is 4.95.